The molecule has 7 heteroatoms. The van der Waals surface area contributed by atoms with Crippen LogP contribution < -0.4 is 11.1 Å². The second kappa shape index (κ2) is 7.48. The van der Waals surface area contributed by atoms with Gasteiger partial charge in [-0.25, -0.2) is 9.97 Å². The zero-order valence-corrected chi connectivity index (χ0v) is 17.9. The van der Waals surface area contributed by atoms with E-state index in [9.17, 15) is 4.79 Å². The van der Waals surface area contributed by atoms with Crippen LogP contribution in [0.2, 0.25) is 0 Å². The fraction of sp³-hybridized carbons (Fsp3) is 0.409. The molecule has 7 nitrogen and oxygen atoms in total. The van der Waals surface area contributed by atoms with E-state index in [1.54, 1.807) is 7.11 Å². The van der Waals surface area contributed by atoms with Gasteiger partial charge in [0.05, 0.1) is 17.6 Å². The summed E-state index contributed by atoms with van der Waals surface area (Å²) >= 11 is 0. The van der Waals surface area contributed by atoms with Crippen molar-refractivity contribution >= 4 is 28.4 Å². The Balaban J connectivity index is 2.04. The lowest BCUT2D eigenvalue weighted by Gasteiger charge is -2.40. The van der Waals surface area contributed by atoms with Crippen LogP contribution in [0, 0.1) is 5.41 Å². The average molecular weight is 396 g/mol. The Kier molecular flexibility index (Phi) is 5.36. The van der Waals surface area contributed by atoms with Gasteiger partial charge in [0.2, 0.25) is 0 Å². The van der Waals surface area contributed by atoms with Gasteiger partial charge in [-0.15, -0.1) is 0 Å². The first kappa shape index (κ1) is 20.8. The van der Waals surface area contributed by atoms with E-state index >= 15 is 0 Å². The number of carbonyl (C=O) groups is 1. The van der Waals surface area contributed by atoms with Crippen molar-refractivity contribution in [2.75, 3.05) is 18.2 Å². The van der Waals surface area contributed by atoms with Gasteiger partial charge >= 0.3 is 0 Å². The van der Waals surface area contributed by atoms with Gasteiger partial charge in [-0.05, 0) is 37.0 Å². The fourth-order valence-electron chi connectivity index (χ4n) is 3.09. The molecule has 0 bridgehead atoms. The van der Waals surface area contributed by atoms with Crippen molar-refractivity contribution in [1.82, 2.24) is 14.5 Å². The molecule has 3 N–H and O–H groups in total. The van der Waals surface area contributed by atoms with Gasteiger partial charge in [0.15, 0.2) is 0 Å². The van der Waals surface area contributed by atoms with E-state index in [0.717, 1.165) is 5.56 Å². The number of benzene rings is 1. The molecule has 1 amide bonds. The third kappa shape index (κ3) is 3.82. The van der Waals surface area contributed by atoms with E-state index in [0.29, 0.717) is 34.7 Å². The summed E-state index contributed by atoms with van der Waals surface area (Å²) in [5.74, 6) is 0.0403. The topological polar surface area (TPSA) is 95.1 Å². The zero-order valence-electron chi connectivity index (χ0n) is 17.9. The van der Waals surface area contributed by atoms with Crippen LogP contribution in [0.25, 0.3) is 11.0 Å². The molecule has 0 aliphatic heterocycles. The lowest BCUT2D eigenvalue weighted by Crippen LogP contribution is -2.39. The smallest absolute Gasteiger partial charge is 0.258 e. The minimum atomic E-state index is -0.313. The molecule has 0 aliphatic rings. The van der Waals surface area contributed by atoms with Crippen LogP contribution in [-0.2, 0) is 16.9 Å². The first-order valence-electron chi connectivity index (χ1n) is 9.57. The molecule has 0 aliphatic carbocycles. The Morgan fingerprint density at radius 1 is 1.14 bits per heavy atom. The monoisotopic (exact) mass is 395 g/mol. The first-order valence-corrected chi connectivity index (χ1v) is 9.57. The molecule has 29 heavy (non-hydrogen) atoms. The summed E-state index contributed by atoms with van der Waals surface area (Å²) in [6.07, 6.45) is 3.26. The SMILES string of the molecule is COCc1ccc(NC(=O)c2cn(C(C)(C)C(C)(C)C)c3ncnc(N)c23)cc1. The number of hydrogen-bond donors (Lipinski definition) is 2. The molecular weight excluding hydrogens is 366 g/mol. The predicted molar refractivity (Wildman–Crippen MR) is 116 cm³/mol. The Bertz CT molecular complexity index is 1030. The van der Waals surface area contributed by atoms with Crippen molar-refractivity contribution < 1.29 is 9.53 Å². The number of anilines is 2. The maximum atomic E-state index is 13.1. The lowest BCUT2D eigenvalue weighted by atomic mass is 9.76. The summed E-state index contributed by atoms with van der Waals surface area (Å²) < 4.78 is 7.15. The quantitative estimate of drug-likeness (QED) is 0.675. The van der Waals surface area contributed by atoms with Crippen LogP contribution in [0.3, 0.4) is 0 Å². The van der Waals surface area contributed by atoms with Gasteiger partial charge in [-0.1, -0.05) is 32.9 Å². The summed E-state index contributed by atoms with van der Waals surface area (Å²) in [5, 5.41) is 3.51. The lowest BCUT2D eigenvalue weighted by molar-refractivity contribution is 0.102. The molecule has 0 radical (unpaired) electrons. The molecule has 0 atom stereocenters. The number of nitrogen functional groups attached to an aromatic ring is 1. The highest BCUT2D eigenvalue weighted by molar-refractivity contribution is 6.14. The van der Waals surface area contributed by atoms with Crippen LogP contribution in [0.15, 0.2) is 36.8 Å². The number of ether oxygens (including phenoxy) is 1. The van der Waals surface area contributed by atoms with Gasteiger partial charge in [-0.2, -0.15) is 0 Å². The molecule has 0 fully saturated rings. The van der Waals surface area contributed by atoms with Crippen LogP contribution in [0.5, 0.6) is 0 Å². The van der Waals surface area contributed by atoms with Crippen LogP contribution in [-0.4, -0.2) is 27.6 Å². The molecule has 0 saturated heterocycles. The molecule has 154 valence electrons. The second-order valence-electron chi connectivity index (χ2n) is 8.76. The second-order valence-corrected chi connectivity index (χ2v) is 8.76. The summed E-state index contributed by atoms with van der Waals surface area (Å²) in [6.45, 7) is 11.2. The van der Waals surface area contributed by atoms with Gasteiger partial charge in [0.25, 0.3) is 5.91 Å². The Hall–Kier alpha value is -2.93. The number of hydrogen-bond acceptors (Lipinski definition) is 5. The number of rotatable bonds is 5. The third-order valence-corrected chi connectivity index (χ3v) is 5.82. The van der Waals surface area contributed by atoms with Crippen LogP contribution in [0.4, 0.5) is 11.5 Å². The number of methoxy groups -OCH3 is 1. The highest BCUT2D eigenvalue weighted by atomic mass is 16.5. The molecule has 3 aromatic rings. The molecule has 0 saturated carbocycles. The third-order valence-electron chi connectivity index (χ3n) is 5.82. The Labute approximate surface area is 171 Å². The molecule has 1 aromatic carbocycles. The van der Waals surface area contributed by atoms with Gasteiger partial charge in [-0.3, -0.25) is 4.79 Å². The largest absolute Gasteiger partial charge is 0.383 e. The summed E-state index contributed by atoms with van der Waals surface area (Å²) in [7, 11) is 1.65. The summed E-state index contributed by atoms with van der Waals surface area (Å²) in [5.41, 5.74) is 8.59. The highest BCUT2D eigenvalue weighted by Gasteiger charge is 2.37. The van der Waals surface area contributed by atoms with Crippen molar-refractivity contribution in [3.63, 3.8) is 0 Å². The van der Waals surface area contributed by atoms with E-state index in [-0.39, 0.29) is 16.9 Å². The average Bonchev–Trinajstić information content (AvgIpc) is 3.04. The van der Waals surface area contributed by atoms with Crippen molar-refractivity contribution in [2.45, 2.75) is 46.8 Å². The molecule has 0 spiro atoms. The Morgan fingerprint density at radius 2 is 1.79 bits per heavy atom. The number of nitrogens with two attached hydrogens (primary N) is 1. The number of amides is 1. The van der Waals surface area contributed by atoms with Crippen molar-refractivity contribution in [3.05, 3.63) is 47.9 Å². The number of aromatic nitrogens is 3. The normalized spacial score (nSPS) is 12.3. The highest BCUT2D eigenvalue weighted by Crippen LogP contribution is 2.40. The van der Waals surface area contributed by atoms with E-state index in [2.05, 4.69) is 49.9 Å². The van der Waals surface area contributed by atoms with E-state index in [4.69, 9.17) is 10.5 Å². The van der Waals surface area contributed by atoms with Crippen molar-refractivity contribution in [3.8, 4) is 0 Å². The minimum absolute atomic E-state index is 0.0798. The van der Waals surface area contributed by atoms with E-state index in [1.165, 1.54) is 6.33 Å². The van der Waals surface area contributed by atoms with Crippen LogP contribution >= 0.6 is 0 Å². The standard InChI is InChI=1S/C22H29N5O2/c1-21(2,3)22(4,5)27-11-16(17-18(23)24-13-25-19(17)27)20(28)26-15-9-7-14(8-10-15)12-29-6/h7-11,13H,12H2,1-6H3,(H,26,28)(H2,23,24,25). The van der Waals surface area contributed by atoms with Gasteiger partial charge < -0.3 is 20.4 Å². The fourth-order valence-corrected chi connectivity index (χ4v) is 3.09. The van der Waals surface area contributed by atoms with Crippen LogP contribution in [0.1, 0.15) is 50.5 Å². The van der Waals surface area contributed by atoms with Gasteiger partial charge in [0.1, 0.15) is 17.8 Å². The van der Waals surface area contributed by atoms with E-state index < -0.39 is 0 Å². The number of carbonyl (C=O) groups excluding carboxylic acids is 1. The number of fused-ring (bicyclic) bond motifs is 1. The molecule has 0 unspecified atom stereocenters. The maximum Gasteiger partial charge on any atom is 0.258 e. The van der Waals surface area contributed by atoms with Crippen molar-refractivity contribution in [1.29, 1.82) is 0 Å². The molecular formula is C22H29N5O2. The minimum Gasteiger partial charge on any atom is -0.383 e. The summed E-state index contributed by atoms with van der Waals surface area (Å²) in [4.78, 5) is 21.7. The molecule has 2 heterocycles. The Morgan fingerprint density at radius 3 is 2.38 bits per heavy atom. The van der Waals surface area contributed by atoms with Crippen molar-refractivity contribution in [2.24, 2.45) is 5.41 Å². The molecule has 2 aromatic heterocycles. The zero-order chi connectivity index (χ0) is 21.4. The number of nitrogens with one attached hydrogen (secondary N) is 1. The number of nitrogens with zero attached hydrogens (tertiary/aromatic N) is 3. The maximum absolute atomic E-state index is 13.1. The van der Waals surface area contributed by atoms with Gasteiger partial charge in [0, 0.05) is 24.5 Å². The molecule has 3 rings (SSSR count). The summed E-state index contributed by atoms with van der Waals surface area (Å²) in [6, 6.07) is 7.54. The van der Waals surface area contributed by atoms with E-state index in [1.807, 2.05) is 35.0 Å². The first-order chi connectivity index (χ1) is 13.6. The predicted octanol–water partition coefficient (Wildman–Crippen LogP) is 4.19.